The van der Waals surface area contributed by atoms with Gasteiger partial charge in [0.1, 0.15) is 5.82 Å². The zero-order valence-corrected chi connectivity index (χ0v) is 16.8. The fourth-order valence-electron chi connectivity index (χ4n) is 4.44. The van der Waals surface area contributed by atoms with Crippen molar-refractivity contribution < 1.29 is 13.2 Å². The first-order valence-corrected chi connectivity index (χ1v) is 11.6. The maximum absolute atomic E-state index is 12.9. The highest BCUT2D eigenvalue weighted by Gasteiger charge is 2.39. The molecule has 3 atom stereocenters. The molecule has 2 aliphatic rings. The van der Waals surface area contributed by atoms with E-state index < -0.39 is 9.84 Å². The monoisotopic (exact) mass is 399 g/mol. The van der Waals surface area contributed by atoms with Crippen LogP contribution in [0.3, 0.4) is 0 Å². The van der Waals surface area contributed by atoms with Crippen LogP contribution in [0.25, 0.3) is 0 Å². The molecular formula is C21H25N3O3S. The second kappa shape index (κ2) is 7.62. The number of benzene rings is 1. The molecule has 0 aliphatic carbocycles. The number of aryl methyl sites for hydroxylation is 1. The summed E-state index contributed by atoms with van der Waals surface area (Å²) in [6, 6.07) is 12.2. The first-order valence-electron chi connectivity index (χ1n) is 9.74. The number of carbonyl (C=O) groups is 1. The topological polar surface area (TPSA) is 80.2 Å². The van der Waals surface area contributed by atoms with Crippen molar-refractivity contribution in [3.63, 3.8) is 0 Å². The summed E-state index contributed by atoms with van der Waals surface area (Å²) in [7, 11) is -2.96. The summed E-state index contributed by atoms with van der Waals surface area (Å²) in [6.07, 6.45) is 2.68. The minimum Gasteiger partial charge on any atom is -0.341 e. The quantitative estimate of drug-likeness (QED) is 0.788. The van der Waals surface area contributed by atoms with Gasteiger partial charge in [0, 0.05) is 43.2 Å². The van der Waals surface area contributed by atoms with E-state index >= 15 is 0 Å². The van der Waals surface area contributed by atoms with Crippen LogP contribution in [0.15, 0.2) is 42.6 Å². The average molecular weight is 400 g/mol. The molecule has 2 saturated heterocycles. The lowest BCUT2D eigenvalue weighted by molar-refractivity contribution is -0.131. The Hall–Kier alpha value is -2.28. The average Bonchev–Trinajstić information content (AvgIpc) is 3.26. The number of carbonyl (C=O) groups excluding carboxylic acids is 1. The van der Waals surface area contributed by atoms with Crippen LogP contribution in [0.4, 0.5) is 0 Å². The molecule has 4 rings (SSSR count). The second-order valence-electron chi connectivity index (χ2n) is 7.92. The largest absolute Gasteiger partial charge is 0.341 e. The Morgan fingerprint density at radius 2 is 1.89 bits per heavy atom. The molecule has 0 saturated carbocycles. The summed E-state index contributed by atoms with van der Waals surface area (Å²) >= 11 is 0. The Morgan fingerprint density at radius 1 is 1.14 bits per heavy atom. The van der Waals surface area contributed by atoms with E-state index in [9.17, 15) is 13.2 Å². The maximum Gasteiger partial charge on any atom is 0.222 e. The lowest BCUT2D eigenvalue weighted by Gasteiger charge is -2.18. The predicted octanol–water partition coefficient (Wildman–Crippen LogP) is 2.32. The van der Waals surface area contributed by atoms with E-state index in [1.165, 1.54) is 5.56 Å². The van der Waals surface area contributed by atoms with Crippen molar-refractivity contribution in [3.05, 3.63) is 59.7 Å². The molecule has 0 N–H and O–H groups in total. The molecule has 2 aromatic rings. The summed E-state index contributed by atoms with van der Waals surface area (Å²) in [6.45, 7) is 3.11. The first-order chi connectivity index (χ1) is 13.4. The van der Waals surface area contributed by atoms with Crippen LogP contribution in [0.2, 0.25) is 0 Å². The number of rotatable bonds is 4. The number of sulfone groups is 1. The van der Waals surface area contributed by atoms with Gasteiger partial charge in [0.15, 0.2) is 9.84 Å². The lowest BCUT2D eigenvalue weighted by Crippen LogP contribution is -2.30. The van der Waals surface area contributed by atoms with Gasteiger partial charge >= 0.3 is 0 Å². The van der Waals surface area contributed by atoms with Crippen molar-refractivity contribution in [1.82, 2.24) is 14.9 Å². The van der Waals surface area contributed by atoms with Gasteiger partial charge in [0.2, 0.25) is 5.91 Å². The Labute approximate surface area is 165 Å². The van der Waals surface area contributed by atoms with Gasteiger partial charge in [-0.3, -0.25) is 4.79 Å². The zero-order chi connectivity index (χ0) is 19.7. The molecule has 6 nitrogen and oxygen atoms in total. The number of aromatic nitrogens is 2. The van der Waals surface area contributed by atoms with Crippen molar-refractivity contribution in [1.29, 1.82) is 0 Å². The molecule has 1 aromatic carbocycles. The van der Waals surface area contributed by atoms with Crippen LogP contribution in [0, 0.1) is 12.8 Å². The van der Waals surface area contributed by atoms with Crippen LogP contribution >= 0.6 is 0 Å². The highest BCUT2D eigenvalue weighted by molar-refractivity contribution is 7.91. The first kappa shape index (κ1) is 19.1. The van der Waals surface area contributed by atoms with Crippen molar-refractivity contribution in [2.24, 2.45) is 5.92 Å². The fourth-order valence-corrected chi connectivity index (χ4v) is 6.30. The summed E-state index contributed by atoms with van der Waals surface area (Å²) in [5.74, 6) is 1.37. The summed E-state index contributed by atoms with van der Waals surface area (Å²) in [5.41, 5.74) is 2.16. The molecule has 7 heteroatoms. The molecular weight excluding hydrogens is 374 g/mol. The van der Waals surface area contributed by atoms with Gasteiger partial charge < -0.3 is 4.90 Å². The molecule has 2 aliphatic heterocycles. The number of nitrogens with zero attached hydrogens (tertiary/aromatic N) is 3. The Balaban J connectivity index is 1.55. The predicted molar refractivity (Wildman–Crippen MR) is 107 cm³/mol. The van der Waals surface area contributed by atoms with Gasteiger partial charge in [-0.15, -0.1) is 0 Å². The second-order valence-corrected chi connectivity index (χ2v) is 10.2. The minimum atomic E-state index is -2.96. The van der Waals surface area contributed by atoms with E-state index in [1.54, 1.807) is 6.20 Å². The van der Waals surface area contributed by atoms with E-state index in [-0.39, 0.29) is 35.2 Å². The van der Waals surface area contributed by atoms with Gasteiger partial charge in [0.05, 0.1) is 11.5 Å². The standard InChI is InChI=1S/C21H25N3O3S/c1-15-22-9-7-20(23-15)19-13-24(12-18(19)17-5-3-2-4-6-17)21(25)11-16-8-10-28(26,27)14-16/h2-7,9,16,18-19H,8,10-14H2,1H3/t16-,18-,19+/m0/s1. The van der Waals surface area contributed by atoms with Gasteiger partial charge in [-0.1, -0.05) is 30.3 Å². The summed E-state index contributed by atoms with van der Waals surface area (Å²) < 4.78 is 23.4. The smallest absolute Gasteiger partial charge is 0.222 e. The van der Waals surface area contributed by atoms with Crippen molar-refractivity contribution >= 4 is 15.7 Å². The van der Waals surface area contributed by atoms with Crippen LogP contribution in [0.5, 0.6) is 0 Å². The van der Waals surface area contributed by atoms with Crippen molar-refractivity contribution in [2.45, 2.75) is 31.6 Å². The van der Waals surface area contributed by atoms with Crippen molar-refractivity contribution in [3.8, 4) is 0 Å². The maximum atomic E-state index is 12.9. The molecule has 1 amide bonds. The molecule has 148 valence electrons. The third-order valence-corrected chi connectivity index (χ3v) is 7.70. The molecule has 3 heterocycles. The number of hydrogen-bond donors (Lipinski definition) is 0. The Morgan fingerprint density at radius 3 is 2.57 bits per heavy atom. The van der Waals surface area contributed by atoms with Crippen LogP contribution in [0.1, 0.15) is 41.8 Å². The SMILES string of the molecule is Cc1nccc([C@@H]2CN(C(=O)C[C@@H]3CCS(=O)(=O)C3)C[C@H]2c2ccccc2)n1. The highest BCUT2D eigenvalue weighted by Crippen LogP contribution is 2.39. The normalized spacial score (nSPS) is 26.5. The van der Waals surface area contributed by atoms with E-state index in [4.69, 9.17) is 0 Å². The van der Waals surface area contributed by atoms with E-state index in [0.717, 1.165) is 11.5 Å². The number of likely N-dealkylation sites (tertiary alicyclic amines) is 1. The number of hydrogen-bond acceptors (Lipinski definition) is 5. The van der Waals surface area contributed by atoms with Crippen molar-refractivity contribution in [2.75, 3.05) is 24.6 Å². The molecule has 2 fully saturated rings. The molecule has 0 radical (unpaired) electrons. The Kier molecular flexibility index (Phi) is 5.19. The van der Waals surface area contributed by atoms with Crippen LogP contribution in [-0.2, 0) is 14.6 Å². The third kappa shape index (κ3) is 4.09. The fraction of sp³-hybridized carbons (Fsp3) is 0.476. The van der Waals surface area contributed by atoms with Gasteiger partial charge in [-0.25, -0.2) is 18.4 Å². The highest BCUT2D eigenvalue weighted by atomic mass is 32.2. The van der Waals surface area contributed by atoms with Gasteiger partial charge in [-0.05, 0) is 30.9 Å². The van der Waals surface area contributed by atoms with Gasteiger partial charge in [-0.2, -0.15) is 0 Å². The van der Waals surface area contributed by atoms with E-state index in [0.29, 0.717) is 25.9 Å². The minimum absolute atomic E-state index is 0.0481. The third-order valence-electron chi connectivity index (χ3n) is 5.87. The Bertz CT molecular complexity index is 962. The molecule has 28 heavy (non-hydrogen) atoms. The van der Waals surface area contributed by atoms with Crippen LogP contribution < -0.4 is 0 Å². The van der Waals surface area contributed by atoms with E-state index in [1.807, 2.05) is 36.1 Å². The zero-order valence-electron chi connectivity index (χ0n) is 16.0. The molecule has 0 bridgehead atoms. The lowest BCUT2D eigenvalue weighted by atomic mass is 9.87. The molecule has 0 unspecified atom stereocenters. The summed E-state index contributed by atoms with van der Waals surface area (Å²) in [5, 5.41) is 0. The van der Waals surface area contributed by atoms with Gasteiger partial charge in [0.25, 0.3) is 0 Å². The molecule has 0 spiro atoms. The number of amides is 1. The van der Waals surface area contributed by atoms with E-state index in [2.05, 4.69) is 22.1 Å². The molecule has 1 aromatic heterocycles. The van der Waals surface area contributed by atoms with Crippen LogP contribution in [-0.4, -0.2) is 53.8 Å². The summed E-state index contributed by atoms with van der Waals surface area (Å²) in [4.78, 5) is 23.6.